The van der Waals surface area contributed by atoms with E-state index >= 15 is 0 Å². The van der Waals surface area contributed by atoms with Crippen molar-refractivity contribution in [3.8, 4) is 0 Å². The highest BCUT2D eigenvalue weighted by atomic mass is 32.1. The van der Waals surface area contributed by atoms with Crippen LogP contribution >= 0.6 is 11.3 Å². The number of rotatable bonds is 5. The summed E-state index contributed by atoms with van der Waals surface area (Å²) in [7, 11) is 4.25. The molecule has 0 aliphatic carbocycles. The molecular weight excluding hydrogens is 256 g/mol. The van der Waals surface area contributed by atoms with Gasteiger partial charge in [-0.15, -0.1) is 11.3 Å². The van der Waals surface area contributed by atoms with Crippen LogP contribution in [-0.2, 0) is 6.42 Å². The van der Waals surface area contributed by atoms with Gasteiger partial charge in [0.05, 0.1) is 11.4 Å². The van der Waals surface area contributed by atoms with Crippen molar-refractivity contribution >= 4 is 17.1 Å². The largest absolute Gasteiger partial charge is 0.306 e. The average molecular weight is 280 g/mol. The van der Waals surface area contributed by atoms with Gasteiger partial charge in [0, 0.05) is 10.9 Å². The van der Waals surface area contributed by atoms with E-state index in [0.717, 1.165) is 24.4 Å². The molecule has 1 aromatic rings. The minimum absolute atomic E-state index is 0.270. The third-order valence-corrected chi connectivity index (χ3v) is 5.26. The number of Topliss-reactive ketones (excluding diaryl/α,β-unsaturated/α-hetero) is 1. The summed E-state index contributed by atoms with van der Waals surface area (Å²) >= 11 is 1.65. The summed E-state index contributed by atoms with van der Waals surface area (Å²) in [5, 5.41) is 0. The molecule has 0 bridgehead atoms. The lowest BCUT2D eigenvalue weighted by Crippen LogP contribution is -2.43. The maximum atomic E-state index is 12.2. The van der Waals surface area contributed by atoms with Crippen LogP contribution in [0.25, 0.3) is 0 Å². The molecule has 1 aromatic heterocycles. The van der Waals surface area contributed by atoms with Crippen LogP contribution in [0.1, 0.15) is 34.3 Å². The smallest absolute Gasteiger partial charge is 0.186 e. The van der Waals surface area contributed by atoms with Gasteiger partial charge in [0.1, 0.15) is 0 Å². The number of thiophene rings is 1. The Morgan fingerprint density at radius 3 is 2.68 bits per heavy atom. The summed E-state index contributed by atoms with van der Waals surface area (Å²) in [5.74, 6) is 0.270. The number of carbonyl (C=O) groups excluding carboxylic acids is 1. The fourth-order valence-corrected chi connectivity index (χ4v) is 3.46. The van der Waals surface area contributed by atoms with E-state index in [1.54, 1.807) is 11.3 Å². The number of carbonyl (C=O) groups is 1. The van der Waals surface area contributed by atoms with E-state index in [0.29, 0.717) is 12.6 Å². The molecule has 0 radical (unpaired) electrons. The number of nitrogens with zero attached hydrogens (tertiary/aromatic N) is 2. The highest BCUT2D eigenvalue weighted by Crippen LogP contribution is 2.19. The van der Waals surface area contributed by atoms with Gasteiger partial charge in [0.25, 0.3) is 0 Å². The fraction of sp³-hybridized carbons (Fsp3) is 0.667. The van der Waals surface area contributed by atoms with Gasteiger partial charge in [-0.3, -0.25) is 9.69 Å². The zero-order valence-corrected chi connectivity index (χ0v) is 13.0. The number of ketones is 1. The van der Waals surface area contributed by atoms with Gasteiger partial charge in [-0.2, -0.15) is 0 Å². The standard InChI is InChI=1S/C15H24N2OS/c1-4-13-5-6-15(19-13)14(18)11-17(3)12-7-9-16(2)10-8-12/h5-6,12H,4,7-11H2,1-3H3. The maximum Gasteiger partial charge on any atom is 0.186 e. The average Bonchev–Trinajstić information content (AvgIpc) is 2.88. The number of hydrogen-bond donors (Lipinski definition) is 0. The number of likely N-dealkylation sites (tertiary alicyclic amines) is 1. The number of likely N-dealkylation sites (N-methyl/N-ethyl adjacent to an activating group) is 1. The molecule has 19 heavy (non-hydrogen) atoms. The molecule has 0 atom stereocenters. The Morgan fingerprint density at radius 2 is 2.11 bits per heavy atom. The lowest BCUT2D eigenvalue weighted by Gasteiger charge is -2.34. The number of hydrogen-bond acceptors (Lipinski definition) is 4. The molecule has 1 saturated heterocycles. The van der Waals surface area contributed by atoms with Crippen molar-refractivity contribution < 1.29 is 4.79 Å². The first-order valence-corrected chi connectivity index (χ1v) is 7.92. The van der Waals surface area contributed by atoms with Crippen molar-refractivity contribution in [1.29, 1.82) is 0 Å². The molecule has 0 aromatic carbocycles. The molecule has 1 fully saturated rings. The topological polar surface area (TPSA) is 23.6 Å². The Morgan fingerprint density at radius 1 is 1.42 bits per heavy atom. The molecule has 3 nitrogen and oxygen atoms in total. The van der Waals surface area contributed by atoms with Crippen molar-refractivity contribution in [2.24, 2.45) is 0 Å². The highest BCUT2D eigenvalue weighted by Gasteiger charge is 2.22. The predicted octanol–water partition coefficient (Wildman–Crippen LogP) is 2.52. The third kappa shape index (κ3) is 3.88. The van der Waals surface area contributed by atoms with E-state index in [1.165, 1.54) is 17.7 Å². The lowest BCUT2D eigenvalue weighted by molar-refractivity contribution is 0.0875. The van der Waals surface area contributed by atoms with Gasteiger partial charge < -0.3 is 4.90 Å². The Kier molecular flexibility index (Phi) is 5.13. The van der Waals surface area contributed by atoms with Gasteiger partial charge >= 0.3 is 0 Å². The molecule has 1 aliphatic rings. The molecular formula is C15H24N2OS. The van der Waals surface area contributed by atoms with Crippen molar-refractivity contribution in [2.75, 3.05) is 33.7 Å². The fourth-order valence-electron chi connectivity index (χ4n) is 2.59. The van der Waals surface area contributed by atoms with Crippen LogP contribution in [-0.4, -0.2) is 55.4 Å². The Balaban J connectivity index is 1.87. The summed E-state index contributed by atoms with van der Waals surface area (Å²) in [6, 6.07) is 4.62. The van der Waals surface area contributed by atoms with E-state index in [4.69, 9.17) is 0 Å². The van der Waals surface area contributed by atoms with Gasteiger partial charge in [-0.25, -0.2) is 0 Å². The first kappa shape index (κ1) is 14.7. The van der Waals surface area contributed by atoms with Crippen molar-refractivity contribution in [3.63, 3.8) is 0 Å². The van der Waals surface area contributed by atoms with Crippen molar-refractivity contribution in [1.82, 2.24) is 9.80 Å². The summed E-state index contributed by atoms with van der Waals surface area (Å²) in [5.41, 5.74) is 0. The zero-order chi connectivity index (χ0) is 13.8. The lowest BCUT2D eigenvalue weighted by atomic mass is 10.0. The SMILES string of the molecule is CCc1ccc(C(=O)CN(C)C2CCN(C)CC2)s1. The Labute approximate surface area is 120 Å². The highest BCUT2D eigenvalue weighted by molar-refractivity contribution is 7.14. The molecule has 0 unspecified atom stereocenters. The van der Waals surface area contributed by atoms with Gasteiger partial charge in [-0.1, -0.05) is 6.92 Å². The second-order valence-electron chi connectivity index (χ2n) is 5.49. The Bertz CT molecular complexity index is 422. The van der Waals surface area contributed by atoms with Crippen LogP contribution in [0.5, 0.6) is 0 Å². The molecule has 106 valence electrons. The molecule has 0 spiro atoms. The Hall–Kier alpha value is -0.710. The van der Waals surface area contributed by atoms with Crippen LogP contribution in [0.4, 0.5) is 0 Å². The molecule has 0 amide bonds. The van der Waals surface area contributed by atoms with Crippen LogP contribution in [0.15, 0.2) is 12.1 Å². The minimum Gasteiger partial charge on any atom is -0.306 e. The van der Waals surface area contributed by atoms with Gasteiger partial charge in [0.2, 0.25) is 0 Å². The summed E-state index contributed by atoms with van der Waals surface area (Å²) < 4.78 is 0. The second-order valence-corrected chi connectivity index (χ2v) is 6.66. The molecule has 2 rings (SSSR count). The second kappa shape index (κ2) is 6.64. The number of piperidine rings is 1. The predicted molar refractivity (Wildman–Crippen MR) is 81.2 cm³/mol. The summed E-state index contributed by atoms with van der Waals surface area (Å²) in [6.45, 7) is 4.97. The first-order valence-electron chi connectivity index (χ1n) is 7.11. The first-order chi connectivity index (χ1) is 9.10. The van der Waals surface area contributed by atoms with Gasteiger partial charge in [0.15, 0.2) is 5.78 Å². The third-order valence-electron chi connectivity index (χ3n) is 3.99. The van der Waals surface area contributed by atoms with Crippen LogP contribution in [0, 0.1) is 0 Å². The van der Waals surface area contributed by atoms with Crippen LogP contribution in [0.3, 0.4) is 0 Å². The van der Waals surface area contributed by atoms with Gasteiger partial charge in [-0.05, 0) is 58.6 Å². The monoisotopic (exact) mass is 280 g/mol. The zero-order valence-electron chi connectivity index (χ0n) is 12.2. The van der Waals surface area contributed by atoms with Crippen LogP contribution in [0.2, 0.25) is 0 Å². The van der Waals surface area contributed by atoms with E-state index in [1.807, 2.05) is 6.07 Å². The quantitative estimate of drug-likeness (QED) is 0.774. The van der Waals surface area contributed by atoms with Crippen LogP contribution < -0.4 is 0 Å². The molecule has 4 heteroatoms. The normalized spacial score (nSPS) is 18.1. The summed E-state index contributed by atoms with van der Waals surface area (Å²) in [4.78, 5) is 19.1. The number of aryl methyl sites for hydroxylation is 1. The van der Waals surface area contributed by atoms with E-state index < -0.39 is 0 Å². The molecule has 2 heterocycles. The van der Waals surface area contributed by atoms with E-state index in [2.05, 4.69) is 36.9 Å². The van der Waals surface area contributed by atoms with Crippen molar-refractivity contribution in [3.05, 3.63) is 21.9 Å². The van der Waals surface area contributed by atoms with E-state index in [9.17, 15) is 4.79 Å². The minimum atomic E-state index is 0.270. The van der Waals surface area contributed by atoms with E-state index in [-0.39, 0.29) is 5.78 Å². The molecule has 1 aliphatic heterocycles. The summed E-state index contributed by atoms with van der Waals surface area (Å²) in [6.07, 6.45) is 3.36. The maximum absolute atomic E-state index is 12.2. The molecule has 0 saturated carbocycles. The molecule has 0 N–H and O–H groups in total. The van der Waals surface area contributed by atoms with Crippen molar-refractivity contribution in [2.45, 2.75) is 32.2 Å².